The zero-order chi connectivity index (χ0) is 19.8. The molecule has 0 radical (unpaired) electrons. The number of pyridine rings is 1. The number of aromatic nitrogens is 1. The summed E-state index contributed by atoms with van der Waals surface area (Å²) in [4.78, 5) is 22.4. The van der Waals surface area contributed by atoms with Crippen LogP contribution in [-0.4, -0.2) is 48.5 Å². The lowest BCUT2D eigenvalue weighted by atomic mass is 10.0. The Labute approximate surface area is 173 Å². The molecule has 1 N–H and O–H groups in total. The van der Waals surface area contributed by atoms with E-state index in [1.807, 2.05) is 16.2 Å². The van der Waals surface area contributed by atoms with Gasteiger partial charge in [0.1, 0.15) is 5.82 Å². The number of piperazine rings is 1. The van der Waals surface area contributed by atoms with Crippen LogP contribution in [0.1, 0.15) is 16.1 Å². The largest absolute Gasteiger partial charge is 0.312 e. The average molecular weight is 411 g/mol. The first kappa shape index (κ1) is 18.7. The molecule has 2 aromatic heterocycles. The molecule has 2 aliphatic rings. The second-order valence-electron chi connectivity index (χ2n) is 7.65. The normalized spacial score (nSPS) is 17.7. The van der Waals surface area contributed by atoms with Crippen LogP contribution in [0.15, 0.2) is 36.5 Å². The number of nitrogens with one attached hydrogen (secondary N) is 1. The van der Waals surface area contributed by atoms with Gasteiger partial charge < -0.3 is 10.2 Å². The molecule has 150 valence electrons. The molecule has 1 fully saturated rings. The van der Waals surface area contributed by atoms with Crippen LogP contribution in [-0.2, 0) is 24.2 Å². The van der Waals surface area contributed by atoms with E-state index in [-0.39, 0.29) is 11.7 Å². The standard InChI is InChI=1S/C22H23FN4OS/c23-15-1-2-16(25-12-15)6-8-26-9-10-27(22(28)14-26)17-3-4-18-19-5-7-24-13-21(19)29-20(18)11-17/h1-4,11-12,24H,5-10,13-14H2. The maximum atomic E-state index is 13.0. The van der Waals surface area contributed by atoms with Crippen LogP contribution in [0.3, 0.4) is 0 Å². The van der Waals surface area contributed by atoms with Gasteiger partial charge in [0.2, 0.25) is 5.91 Å². The van der Waals surface area contributed by atoms with Gasteiger partial charge in [0.25, 0.3) is 0 Å². The molecule has 4 heterocycles. The minimum atomic E-state index is -0.322. The monoisotopic (exact) mass is 410 g/mol. The molecule has 29 heavy (non-hydrogen) atoms. The number of fused-ring (bicyclic) bond motifs is 3. The van der Waals surface area contributed by atoms with Gasteiger partial charge in [-0.25, -0.2) is 4.39 Å². The molecule has 5 nitrogen and oxygen atoms in total. The third-order valence-corrected chi connectivity index (χ3v) is 6.98. The highest BCUT2D eigenvalue weighted by Crippen LogP contribution is 2.36. The molecule has 2 aliphatic heterocycles. The van der Waals surface area contributed by atoms with E-state index in [0.717, 1.165) is 44.0 Å². The van der Waals surface area contributed by atoms with Gasteiger partial charge in [-0.05, 0) is 48.2 Å². The number of thiophene rings is 1. The fourth-order valence-electron chi connectivity index (χ4n) is 4.20. The van der Waals surface area contributed by atoms with Crippen molar-refractivity contribution in [3.8, 4) is 0 Å². The smallest absolute Gasteiger partial charge is 0.241 e. The van der Waals surface area contributed by atoms with Crippen LogP contribution in [0.25, 0.3) is 10.1 Å². The average Bonchev–Trinajstić information content (AvgIpc) is 3.11. The van der Waals surface area contributed by atoms with Crippen LogP contribution < -0.4 is 10.2 Å². The molecule has 0 saturated carbocycles. The summed E-state index contributed by atoms with van der Waals surface area (Å²) in [7, 11) is 0. The van der Waals surface area contributed by atoms with Crippen molar-refractivity contribution < 1.29 is 9.18 Å². The lowest BCUT2D eigenvalue weighted by molar-refractivity contribution is -0.121. The van der Waals surface area contributed by atoms with Gasteiger partial charge in [-0.2, -0.15) is 0 Å². The highest BCUT2D eigenvalue weighted by atomic mass is 32.1. The van der Waals surface area contributed by atoms with Crippen molar-refractivity contribution in [3.05, 3.63) is 58.5 Å². The molecule has 0 atom stereocenters. The Morgan fingerprint density at radius 1 is 1.21 bits per heavy atom. The number of hydrogen-bond donors (Lipinski definition) is 1. The molecule has 0 spiro atoms. The van der Waals surface area contributed by atoms with Crippen molar-refractivity contribution in [1.82, 2.24) is 15.2 Å². The first-order chi connectivity index (χ1) is 14.2. The zero-order valence-corrected chi connectivity index (χ0v) is 17.0. The predicted molar refractivity (Wildman–Crippen MR) is 114 cm³/mol. The highest BCUT2D eigenvalue weighted by Gasteiger charge is 2.25. The van der Waals surface area contributed by atoms with E-state index >= 15 is 0 Å². The zero-order valence-electron chi connectivity index (χ0n) is 16.2. The number of hydrogen-bond acceptors (Lipinski definition) is 5. The van der Waals surface area contributed by atoms with Crippen molar-refractivity contribution in [3.63, 3.8) is 0 Å². The Morgan fingerprint density at radius 3 is 2.97 bits per heavy atom. The van der Waals surface area contributed by atoms with Gasteiger partial charge in [0.05, 0.1) is 12.7 Å². The topological polar surface area (TPSA) is 48.5 Å². The lowest BCUT2D eigenvalue weighted by Crippen LogP contribution is -2.50. The van der Waals surface area contributed by atoms with Crippen molar-refractivity contribution in [2.45, 2.75) is 19.4 Å². The molecule has 1 saturated heterocycles. The second kappa shape index (κ2) is 7.82. The predicted octanol–water partition coefficient (Wildman–Crippen LogP) is 2.97. The number of carbonyl (C=O) groups is 1. The lowest BCUT2D eigenvalue weighted by Gasteiger charge is -2.34. The van der Waals surface area contributed by atoms with Gasteiger partial charge in [0, 0.05) is 53.6 Å². The van der Waals surface area contributed by atoms with Crippen LogP contribution >= 0.6 is 11.3 Å². The van der Waals surface area contributed by atoms with E-state index in [1.165, 1.54) is 32.8 Å². The molecule has 3 aromatic rings. The van der Waals surface area contributed by atoms with Crippen LogP contribution in [0, 0.1) is 5.82 Å². The Bertz CT molecular complexity index is 1050. The summed E-state index contributed by atoms with van der Waals surface area (Å²) in [5.41, 5.74) is 3.32. The molecule has 7 heteroatoms. The van der Waals surface area contributed by atoms with E-state index in [0.29, 0.717) is 19.5 Å². The number of nitrogens with zero attached hydrogens (tertiary/aromatic N) is 3. The minimum Gasteiger partial charge on any atom is -0.312 e. The molecule has 1 amide bonds. The number of rotatable bonds is 4. The van der Waals surface area contributed by atoms with E-state index in [2.05, 4.69) is 33.4 Å². The quantitative estimate of drug-likeness (QED) is 0.719. The van der Waals surface area contributed by atoms with Crippen LogP contribution in [0.5, 0.6) is 0 Å². The molecular formula is C22H23FN4OS. The number of amides is 1. The first-order valence-electron chi connectivity index (χ1n) is 10.1. The van der Waals surface area contributed by atoms with Gasteiger partial charge >= 0.3 is 0 Å². The van der Waals surface area contributed by atoms with Gasteiger partial charge in [-0.3, -0.25) is 14.7 Å². The Kier molecular flexibility index (Phi) is 5.03. The van der Waals surface area contributed by atoms with Gasteiger partial charge in [-0.1, -0.05) is 6.07 Å². The molecule has 5 rings (SSSR count). The molecule has 1 aromatic carbocycles. The fraction of sp³-hybridized carbons (Fsp3) is 0.364. The third kappa shape index (κ3) is 3.77. The number of carbonyl (C=O) groups excluding carboxylic acids is 1. The summed E-state index contributed by atoms with van der Waals surface area (Å²) in [6.07, 6.45) is 3.04. The van der Waals surface area contributed by atoms with Crippen molar-refractivity contribution in [2.75, 3.05) is 37.6 Å². The summed E-state index contributed by atoms with van der Waals surface area (Å²) < 4.78 is 14.2. The maximum Gasteiger partial charge on any atom is 0.241 e. The Morgan fingerprint density at radius 2 is 2.14 bits per heavy atom. The minimum absolute atomic E-state index is 0.130. The SMILES string of the molecule is O=C1CN(CCc2ccc(F)cn2)CCN1c1ccc2c3c(sc2c1)CNCC3. The fourth-order valence-corrected chi connectivity index (χ4v) is 5.46. The maximum absolute atomic E-state index is 13.0. The second-order valence-corrected chi connectivity index (χ2v) is 8.79. The number of benzene rings is 1. The van der Waals surface area contributed by atoms with E-state index in [1.54, 1.807) is 6.07 Å². The van der Waals surface area contributed by atoms with Crippen molar-refractivity contribution in [1.29, 1.82) is 0 Å². The molecule has 0 bridgehead atoms. The molecular weight excluding hydrogens is 387 g/mol. The third-order valence-electron chi connectivity index (χ3n) is 5.78. The number of halogens is 1. The van der Waals surface area contributed by atoms with E-state index in [9.17, 15) is 9.18 Å². The summed E-state index contributed by atoms with van der Waals surface area (Å²) in [6.45, 7) is 4.66. The summed E-state index contributed by atoms with van der Waals surface area (Å²) >= 11 is 1.84. The number of anilines is 1. The van der Waals surface area contributed by atoms with Crippen molar-refractivity contribution >= 4 is 33.0 Å². The van der Waals surface area contributed by atoms with E-state index in [4.69, 9.17) is 0 Å². The van der Waals surface area contributed by atoms with Crippen molar-refractivity contribution in [2.24, 2.45) is 0 Å². The first-order valence-corrected chi connectivity index (χ1v) is 10.9. The Hall–Kier alpha value is -2.35. The molecule has 0 aliphatic carbocycles. The summed E-state index contributed by atoms with van der Waals surface area (Å²) in [6, 6.07) is 9.59. The van der Waals surface area contributed by atoms with Gasteiger partial charge in [-0.15, -0.1) is 11.3 Å². The van der Waals surface area contributed by atoms with Crippen LogP contribution in [0.4, 0.5) is 10.1 Å². The molecule has 0 unspecified atom stereocenters. The van der Waals surface area contributed by atoms with E-state index < -0.39 is 0 Å². The highest BCUT2D eigenvalue weighted by molar-refractivity contribution is 7.19. The summed E-state index contributed by atoms with van der Waals surface area (Å²) in [5, 5.41) is 4.78. The summed E-state index contributed by atoms with van der Waals surface area (Å²) in [5.74, 6) is -0.192. The van der Waals surface area contributed by atoms with Crippen LogP contribution in [0.2, 0.25) is 0 Å². The van der Waals surface area contributed by atoms with Gasteiger partial charge in [0.15, 0.2) is 0 Å². The Balaban J connectivity index is 1.26.